The summed E-state index contributed by atoms with van der Waals surface area (Å²) in [7, 11) is 0. The lowest BCUT2D eigenvalue weighted by Gasteiger charge is -2.25. The van der Waals surface area contributed by atoms with E-state index in [1.165, 1.54) is 22.9 Å². The van der Waals surface area contributed by atoms with Crippen molar-refractivity contribution >= 4 is 46.7 Å². The molecule has 1 unspecified atom stereocenters. The number of para-hydroxylation sites is 1. The number of cyclic esters (lactones) is 1. The number of anilines is 3. The van der Waals surface area contributed by atoms with Crippen molar-refractivity contribution in [3.63, 3.8) is 0 Å². The van der Waals surface area contributed by atoms with E-state index in [1.54, 1.807) is 4.90 Å². The Kier molecular flexibility index (Phi) is 5.45. The van der Waals surface area contributed by atoms with Crippen LogP contribution in [0.5, 0.6) is 0 Å². The summed E-state index contributed by atoms with van der Waals surface area (Å²) in [6, 6.07) is 12.1. The normalized spacial score (nSPS) is 23.0. The molecular weight excluding hydrogens is 452 g/mol. The lowest BCUT2D eigenvalue weighted by Crippen LogP contribution is -2.34. The molecule has 176 valence electrons. The first-order valence-electron chi connectivity index (χ1n) is 11.7. The maximum absolute atomic E-state index is 12.5. The van der Waals surface area contributed by atoms with Crippen molar-refractivity contribution in [2.24, 2.45) is 0 Å². The van der Waals surface area contributed by atoms with Gasteiger partial charge in [-0.1, -0.05) is 18.2 Å². The first-order chi connectivity index (χ1) is 16.6. The van der Waals surface area contributed by atoms with Crippen LogP contribution in [0.1, 0.15) is 29.9 Å². The lowest BCUT2D eigenvalue weighted by molar-refractivity contribution is -0.118. The van der Waals surface area contributed by atoms with Gasteiger partial charge in [0.25, 0.3) is 0 Å². The number of nitrogens with one attached hydrogen (secondary N) is 2. The monoisotopic (exact) mass is 478 g/mol. The molecule has 0 radical (unpaired) electrons. The van der Waals surface area contributed by atoms with Gasteiger partial charge >= 0.3 is 6.09 Å². The van der Waals surface area contributed by atoms with Gasteiger partial charge in [0.05, 0.1) is 23.7 Å². The van der Waals surface area contributed by atoms with Crippen LogP contribution in [0.2, 0.25) is 0 Å². The first-order valence-corrected chi connectivity index (χ1v) is 12.7. The number of hydrogen-bond donors (Lipinski definition) is 2. The van der Waals surface area contributed by atoms with Gasteiger partial charge in [0, 0.05) is 36.0 Å². The second-order valence-electron chi connectivity index (χ2n) is 9.18. The van der Waals surface area contributed by atoms with Crippen molar-refractivity contribution in [3.05, 3.63) is 47.5 Å². The molecule has 0 saturated carbocycles. The number of thioether (sulfide) groups is 1. The summed E-state index contributed by atoms with van der Waals surface area (Å²) >= 11 is 1.50. The minimum absolute atomic E-state index is 0.0315. The molecule has 4 heterocycles. The van der Waals surface area contributed by atoms with Crippen LogP contribution in [0.25, 0.3) is 0 Å². The zero-order chi connectivity index (χ0) is 23.2. The van der Waals surface area contributed by atoms with Crippen molar-refractivity contribution in [2.45, 2.75) is 36.2 Å². The Morgan fingerprint density at radius 1 is 1.09 bits per heavy atom. The van der Waals surface area contributed by atoms with E-state index in [0.717, 1.165) is 47.9 Å². The SMILES string of the molecule is O=C1CSc2ccc(N3C[C@@H](CNCCC4CN5C(=O)CCc6cccc4c65)OC3=O)cc2N1. The Hall–Kier alpha value is -3.04. The summed E-state index contributed by atoms with van der Waals surface area (Å²) in [4.78, 5) is 41.1. The quantitative estimate of drug-likeness (QED) is 0.620. The van der Waals surface area contributed by atoms with E-state index in [9.17, 15) is 14.4 Å². The summed E-state index contributed by atoms with van der Waals surface area (Å²) in [6.45, 7) is 2.57. The molecular formula is C25H26N4O4S. The van der Waals surface area contributed by atoms with Gasteiger partial charge in [-0.25, -0.2) is 4.79 Å². The molecule has 6 rings (SSSR count). The molecule has 4 aliphatic rings. The fraction of sp³-hybridized carbons (Fsp3) is 0.400. The second-order valence-corrected chi connectivity index (χ2v) is 10.2. The number of benzene rings is 2. The van der Waals surface area contributed by atoms with Crippen molar-refractivity contribution < 1.29 is 19.1 Å². The standard InChI is InChI=1S/C25H26N4O4S/c30-22-14-34-21-6-5-17(10-20(21)27-22)28-13-18(33-25(28)32)11-26-9-8-16-12-29-23(31)7-4-15-2-1-3-19(16)24(15)29/h1-3,5-6,10,16,18,26H,4,7-9,11-14H2,(H,27,30)/t16?,18-/m1/s1. The van der Waals surface area contributed by atoms with Gasteiger partial charge in [0.1, 0.15) is 6.10 Å². The van der Waals surface area contributed by atoms with E-state index < -0.39 is 0 Å². The van der Waals surface area contributed by atoms with Gasteiger partial charge in [-0.15, -0.1) is 11.8 Å². The molecule has 2 N–H and O–H groups in total. The van der Waals surface area contributed by atoms with Crippen LogP contribution in [0, 0.1) is 0 Å². The van der Waals surface area contributed by atoms with Gasteiger partial charge < -0.3 is 20.3 Å². The molecule has 4 aliphatic heterocycles. The zero-order valence-corrected chi connectivity index (χ0v) is 19.5. The van der Waals surface area contributed by atoms with E-state index in [1.807, 2.05) is 23.1 Å². The van der Waals surface area contributed by atoms with E-state index in [4.69, 9.17) is 4.74 Å². The van der Waals surface area contributed by atoms with E-state index in [-0.39, 0.29) is 24.0 Å². The summed E-state index contributed by atoms with van der Waals surface area (Å²) < 4.78 is 5.57. The number of ether oxygens (including phenoxy) is 1. The Balaban J connectivity index is 1.03. The number of hydrogen-bond acceptors (Lipinski definition) is 6. The van der Waals surface area contributed by atoms with Crippen molar-refractivity contribution in [3.8, 4) is 0 Å². The lowest BCUT2D eigenvalue weighted by atomic mass is 9.94. The molecule has 0 aromatic heterocycles. The molecule has 0 aliphatic carbocycles. The molecule has 8 nitrogen and oxygen atoms in total. The topological polar surface area (TPSA) is 91.0 Å². The third kappa shape index (κ3) is 3.82. The Bertz CT molecular complexity index is 1190. The minimum atomic E-state index is -0.369. The summed E-state index contributed by atoms with van der Waals surface area (Å²) in [5.74, 6) is 0.939. The number of nitrogens with zero attached hydrogens (tertiary/aromatic N) is 2. The fourth-order valence-corrected chi connectivity index (χ4v) is 6.14. The Labute approximate surface area is 202 Å². The number of carbonyl (C=O) groups excluding carboxylic acids is 3. The Morgan fingerprint density at radius 2 is 2.00 bits per heavy atom. The summed E-state index contributed by atoms with van der Waals surface area (Å²) in [5.41, 5.74) is 5.17. The van der Waals surface area contributed by atoms with E-state index in [0.29, 0.717) is 31.2 Å². The second kappa shape index (κ2) is 8.63. The van der Waals surface area contributed by atoms with Crippen LogP contribution in [0.3, 0.4) is 0 Å². The highest BCUT2D eigenvalue weighted by Gasteiger charge is 2.36. The van der Waals surface area contributed by atoms with Crippen LogP contribution in [0.4, 0.5) is 21.9 Å². The summed E-state index contributed by atoms with van der Waals surface area (Å²) in [6.07, 6.45) is 1.75. The largest absolute Gasteiger partial charge is 0.443 e. The average Bonchev–Trinajstić information content (AvgIpc) is 3.40. The van der Waals surface area contributed by atoms with Gasteiger partial charge in [0.15, 0.2) is 0 Å². The highest BCUT2D eigenvalue weighted by atomic mass is 32.2. The predicted octanol–water partition coefficient (Wildman–Crippen LogP) is 3.11. The molecule has 0 bridgehead atoms. The highest BCUT2D eigenvalue weighted by molar-refractivity contribution is 8.00. The number of aryl methyl sites for hydroxylation is 1. The van der Waals surface area contributed by atoms with Crippen molar-refractivity contribution in [2.75, 3.05) is 47.0 Å². The van der Waals surface area contributed by atoms with Crippen molar-refractivity contribution in [1.82, 2.24) is 5.32 Å². The molecule has 34 heavy (non-hydrogen) atoms. The zero-order valence-electron chi connectivity index (χ0n) is 18.7. The molecule has 2 aromatic carbocycles. The van der Waals surface area contributed by atoms with E-state index in [2.05, 4.69) is 28.8 Å². The van der Waals surface area contributed by atoms with E-state index >= 15 is 0 Å². The number of fused-ring (bicyclic) bond motifs is 1. The Morgan fingerprint density at radius 3 is 2.91 bits per heavy atom. The molecule has 3 amide bonds. The predicted molar refractivity (Wildman–Crippen MR) is 131 cm³/mol. The van der Waals surface area contributed by atoms with Gasteiger partial charge in [0.2, 0.25) is 11.8 Å². The number of carbonyl (C=O) groups is 3. The molecule has 1 saturated heterocycles. The first kappa shape index (κ1) is 21.5. The van der Waals surface area contributed by atoms with Crippen LogP contribution >= 0.6 is 11.8 Å². The third-order valence-corrected chi connectivity index (χ3v) is 8.07. The number of rotatable bonds is 6. The highest BCUT2D eigenvalue weighted by Crippen LogP contribution is 2.43. The van der Waals surface area contributed by atoms with Crippen LogP contribution in [-0.2, 0) is 20.7 Å². The molecule has 2 aromatic rings. The third-order valence-electron chi connectivity index (χ3n) is 7.00. The maximum atomic E-state index is 12.5. The summed E-state index contributed by atoms with van der Waals surface area (Å²) in [5, 5.41) is 6.31. The van der Waals surface area contributed by atoms with Crippen LogP contribution < -0.4 is 20.4 Å². The molecule has 9 heteroatoms. The smallest absolute Gasteiger partial charge is 0.414 e. The van der Waals surface area contributed by atoms with Crippen LogP contribution in [0.15, 0.2) is 41.3 Å². The molecule has 2 atom stereocenters. The van der Waals surface area contributed by atoms with Gasteiger partial charge in [-0.2, -0.15) is 0 Å². The molecule has 0 spiro atoms. The van der Waals surface area contributed by atoms with Crippen LogP contribution in [-0.4, -0.2) is 55.9 Å². The van der Waals surface area contributed by atoms with Crippen molar-refractivity contribution in [1.29, 1.82) is 0 Å². The molecule has 1 fully saturated rings. The van der Waals surface area contributed by atoms with Gasteiger partial charge in [-0.05, 0) is 48.7 Å². The number of amides is 3. The maximum Gasteiger partial charge on any atom is 0.414 e. The fourth-order valence-electron chi connectivity index (χ4n) is 5.35. The average molecular weight is 479 g/mol. The minimum Gasteiger partial charge on any atom is -0.443 e. The van der Waals surface area contributed by atoms with Gasteiger partial charge in [-0.3, -0.25) is 14.5 Å².